The number of halogens is 2. The monoisotopic (exact) mass is 279 g/mol. The molecule has 2 nitrogen and oxygen atoms in total. The highest BCUT2D eigenvalue weighted by molar-refractivity contribution is 6.30. The normalized spacial score (nSPS) is 12.3. The summed E-state index contributed by atoms with van der Waals surface area (Å²) >= 11 is 5.91. The molecule has 2 N–H and O–H groups in total. The van der Waals surface area contributed by atoms with E-state index in [0.29, 0.717) is 27.6 Å². The van der Waals surface area contributed by atoms with Crippen LogP contribution in [0.2, 0.25) is 5.02 Å². The highest BCUT2D eigenvalue weighted by Gasteiger charge is 2.13. The molecule has 0 spiro atoms. The van der Waals surface area contributed by atoms with Crippen LogP contribution < -0.4 is 10.5 Å². The van der Waals surface area contributed by atoms with Gasteiger partial charge in [0.15, 0.2) is 0 Å². The first-order valence-corrected chi connectivity index (χ1v) is 6.34. The molecule has 0 radical (unpaired) electrons. The summed E-state index contributed by atoms with van der Waals surface area (Å²) in [5.74, 6) is 0.863. The molecule has 100 valence electrons. The van der Waals surface area contributed by atoms with Gasteiger partial charge < -0.3 is 10.5 Å². The lowest BCUT2D eigenvalue weighted by atomic mass is 10.1. The van der Waals surface area contributed by atoms with Crippen molar-refractivity contribution in [1.82, 2.24) is 0 Å². The van der Waals surface area contributed by atoms with Crippen LogP contribution >= 0.6 is 11.6 Å². The van der Waals surface area contributed by atoms with Crippen LogP contribution in [-0.2, 0) is 0 Å². The van der Waals surface area contributed by atoms with Crippen LogP contribution in [0.4, 0.5) is 4.39 Å². The molecule has 4 heteroatoms. The molecule has 0 bridgehead atoms. The fourth-order valence-corrected chi connectivity index (χ4v) is 1.95. The van der Waals surface area contributed by atoms with E-state index in [1.54, 1.807) is 44.2 Å². The van der Waals surface area contributed by atoms with Gasteiger partial charge in [-0.2, -0.15) is 0 Å². The molecule has 2 rings (SSSR count). The van der Waals surface area contributed by atoms with Crippen LogP contribution in [-0.4, -0.2) is 0 Å². The second-order valence-electron chi connectivity index (χ2n) is 4.49. The summed E-state index contributed by atoms with van der Waals surface area (Å²) in [6.07, 6.45) is 0. The molecule has 0 aliphatic rings. The lowest BCUT2D eigenvalue weighted by Crippen LogP contribution is -2.08. The number of benzene rings is 2. The predicted octanol–water partition coefficient (Wildman–Crippen LogP) is 4.60. The first-order chi connectivity index (χ1) is 8.97. The van der Waals surface area contributed by atoms with E-state index < -0.39 is 0 Å². The molecule has 0 saturated heterocycles. The third kappa shape index (κ3) is 3.25. The van der Waals surface area contributed by atoms with Crippen LogP contribution in [0.3, 0.4) is 0 Å². The van der Waals surface area contributed by atoms with Crippen molar-refractivity contribution in [2.24, 2.45) is 5.73 Å². The molecule has 0 aliphatic heterocycles. The van der Waals surface area contributed by atoms with Gasteiger partial charge in [-0.15, -0.1) is 0 Å². The summed E-state index contributed by atoms with van der Waals surface area (Å²) in [4.78, 5) is 0. The number of rotatable bonds is 3. The molecule has 0 aromatic heterocycles. The van der Waals surface area contributed by atoms with E-state index in [1.165, 1.54) is 6.07 Å². The summed E-state index contributed by atoms with van der Waals surface area (Å²) in [7, 11) is 0. The maximum Gasteiger partial charge on any atom is 0.132 e. The Morgan fingerprint density at radius 1 is 1.26 bits per heavy atom. The van der Waals surface area contributed by atoms with Crippen molar-refractivity contribution < 1.29 is 9.13 Å². The molecular formula is C15H15ClFNO. The summed E-state index contributed by atoms with van der Waals surface area (Å²) in [5, 5.41) is 0.582. The summed E-state index contributed by atoms with van der Waals surface area (Å²) in [5.41, 5.74) is 6.99. The average Bonchev–Trinajstić information content (AvgIpc) is 2.33. The van der Waals surface area contributed by atoms with E-state index in [0.717, 1.165) is 0 Å². The lowest BCUT2D eigenvalue weighted by molar-refractivity contribution is 0.468. The number of ether oxygens (including phenoxy) is 1. The predicted molar refractivity (Wildman–Crippen MR) is 75.3 cm³/mol. The molecule has 0 aliphatic carbocycles. The zero-order chi connectivity index (χ0) is 14.0. The highest BCUT2D eigenvalue weighted by Crippen LogP contribution is 2.32. The van der Waals surface area contributed by atoms with Crippen LogP contribution in [0.5, 0.6) is 11.5 Å². The van der Waals surface area contributed by atoms with Gasteiger partial charge in [-0.1, -0.05) is 17.7 Å². The fourth-order valence-electron chi connectivity index (χ4n) is 1.77. The Bertz CT molecular complexity index is 599. The Morgan fingerprint density at radius 3 is 2.63 bits per heavy atom. The number of hydrogen-bond acceptors (Lipinski definition) is 2. The third-order valence-electron chi connectivity index (χ3n) is 2.81. The van der Waals surface area contributed by atoms with Gasteiger partial charge in [0.25, 0.3) is 0 Å². The number of nitrogens with two attached hydrogens (primary N) is 1. The molecule has 19 heavy (non-hydrogen) atoms. The molecular weight excluding hydrogens is 265 g/mol. The minimum Gasteiger partial charge on any atom is -0.457 e. The first kappa shape index (κ1) is 13.8. The molecule has 1 atom stereocenters. The van der Waals surface area contributed by atoms with Gasteiger partial charge in [-0.3, -0.25) is 0 Å². The van der Waals surface area contributed by atoms with Crippen molar-refractivity contribution in [3.63, 3.8) is 0 Å². The second-order valence-corrected chi connectivity index (χ2v) is 4.92. The van der Waals surface area contributed by atoms with E-state index in [9.17, 15) is 4.39 Å². The Labute approximate surface area is 117 Å². The first-order valence-electron chi connectivity index (χ1n) is 5.96. The Balaban J connectivity index is 2.41. The molecule has 0 heterocycles. The van der Waals surface area contributed by atoms with Crippen molar-refractivity contribution in [3.05, 3.63) is 58.4 Å². The van der Waals surface area contributed by atoms with E-state index in [4.69, 9.17) is 22.1 Å². The lowest BCUT2D eigenvalue weighted by Gasteiger charge is -2.15. The molecule has 0 saturated carbocycles. The Kier molecular flexibility index (Phi) is 4.08. The maximum atomic E-state index is 13.6. The largest absolute Gasteiger partial charge is 0.457 e. The zero-order valence-electron chi connectivity index (χ0n) is 10.8. The SMILES string of the molecule is Cc1cc(Oc2cccc(Cl)c2)c([C@@H](C)N)cc1F. The minimum absolute atomic E-state index is 0.286. The molecule has 0 fully saturated rings. The summed E-state index contributed by atoms with van der Waals surface area (Å²) in [6.45, 7) is 3.47. The van der Waals surface area contributed by atoms with Gasteiger partial charge in [0.2, 0.25) is 0 Å². The van der Waals surface area contributed by atoms with E-state index >= 15 is 0 Å². The van der Waals surface area contributed by atoms with Crippen LogP contribution in [0.1, 0.15) is 24.1 Å². The van der Waals surface area contributed by atoms with Gasteiger partial charge >= 0.3 is 0 Å². The summed E-state index contributed by atoms with van der Waals surface area (Å²) < 4.78 is 19.3. The van der Waals surface area contributed by atoms with Crippen LogP contribution in [0.25, 0.3) is 0 Å². The van der Waals surface area contributed by atoms with Crippen LogP contribution in [0.15, 0.2) is 36.4 Å². The fraction of sp³-hybridized carbons (Fsp3) is 0.200. The molecule has 0 amide bonds. The van der Waals surface area contributed by atoms with Gasteiger partial charge in [0.1, 0.15) is 17.3 Å². The van der Waals surface area contributed by atoms with E-state index in [-0.39, 0.29) is 11.9 Å². The van der Waals surface area contributed by atoms with Gasteiger partial charge in [-0.25, -0.2) is 4.39 Å². The average molecular weight is 280 g/mol. The zero-order valence-corrected chi connectivity index (χ0v) is 11.5. The quantitative estimate of drug-likeness (QED) is 0.891. The van der Waals surface area contributed by atoms with Crippen molar-refractivity contribution >= 4 is 11.6 Å². The van der Waals surface area contributed by atoms with Gasteiger partial charge in [0.05, 0.1) is 0 Å². The standard InChI is InChI=1S/C15H15ClFNO/c1-9-6-15(13(10(2)18)8-14(9)17)19-12-5-3-4-11(16)7-12/h3-8,10H,18H2,1-2H3/t10-/m1/s1. The van der Waals surface area contributed by atoms with E-state index in [2.05, 4.69) is 0 Å². The highest BCUT2D eigenvalue weighted by atomic mass is 35.5. The number of hydrogen-bond donors (Lipinski definition) is 1. The topological polar surface area (TPSA) is 35.2 Å². The smallest absolute Gasteiger partial charge is 0.132 e. The van der Waals surface area contributed by atoms with Crippen LogP contribution in [0, 0.1) is 12.7 Å². The molecule has 0 unspecified atom stereocenters. The van der Waals surface area contributed by atoms with Crippen molar-refractivity contribution in [2.45, 2.75) is 19.9 Å². The van der Waals surface area contributed by atoms with E-state index in [1.807, 2.05) is 0 Å². The van der Waals surface area contributed by atoms with Gasteiger partial charge in [0, 0.05) is 16.6 Å². The Morgan fingerprint density at radius 2 is 2.00 bits per heavy atom. The van der Waals surface area contributed by atoms with Crippen molar-refractivity contribution in [2.75, 3.05) is 0 Å². The van der Waals surface area contributed by atoms with Gasteiger partial charge in [-0.05, 0) is 49.7 Å². The third-order valence-corrected chi connectivity index (χ3v) is 3.04. The van der Waals surface area contributed by atoms with Crippen molar-refractivity contribution in [3.8, 4) is 11.5 Å². The Hall–Kier alpha value is -1.58. The second kappa shape index (κ2) is 5.59. The molecule has 2 aromatic carbocycles. The minimum atomic E-state index is -0.315. The number of aryl methyl sites for hydroxylation is 1. The summed E-state index contributed by atoms with van der Waals surface area (Å²) in [6, 6.07) is 9.79. The maximum absolute atomic E-state index is 13.6. The molecule has 2 aromatic rings. The van der Waals surface area contributed by atoms with Crippen molar-refractivity contribution in [1.29, 1.82) is 0 Å².